The van der Waals surface area contributed by atoms with E-state index < -0.39 is 0 Å². The predicted molar refractivity (Wildman–Crippen MR) is 61.6 cm³/mol. The summed E-state index contributed by atoms with van der Waals surface area (Å²) < 4.78 is 2.45. The third-order valence-electron chi connectivity index (χ3n) is 1.71. The number of nitrogens with one attached hydrogen (secondary N) is 1. The van der Waals surface area contributed by atoms with E-state index in [0.29, 0.717) is 0 Å². The van der Waals surface area contributed by atoms with Crippen LogP contribution < -0.4 is 5.32 Å². The Morgan fingerprint density at radius 2 is 2.07 bits per heavy atom. The van der Waals surface area contributed by atoms with E-state index in [1.165, 1.54) is 11.3 Å². The van der Waals surface area contributed by atoms with E-state index in [0.717, 1.165) is 14.8 Å². The van der Waals surface area contributed by atoms with Crippen molar-refractivity contribution < 1.29 is 0 Å². The molecular weight excluding hydrogens is 214 g/mol. The molecule has 0 radical (unpaired) electrons. The van der Waals surface area contributed by atoms with E-state index in [-0.39, 0.29) is 0 Å². The van der Waals surface area contributed by atoms with Gasteiger partial charge in [0.05, 0.1) is 0 Å². The topological polar surface area (TPSA) is 29.9 Å². The van der Waals surface area contributed by atoms with Crippen molar-refractivity contribution in [1.82, 2.24) is 9.78 Å². The van der Waals surface area contributed by atoms with Gasteiger partial charge in [-0.3, -0.25) is 0 Å². The molecule has 2 rings (SSSR count). The van der Waals surface area contributed by atoms with Crippen LogP contribution in [0, 0.1) is 3.95 Å². The number of benzene rings is 1. The van der Waals surface area contributed by atoms with Gasteiger partial charge in [0.25, 0.3) is 0 Å². The van der Waals surface area contributed by atoms with Gasteiger partial charge in [0.15, 0.2) is 3.95 Å². The van der Waals surface area contributed by atoms with Gasteiger partial charge >= 0.3 is 0 Å². The van der Waals surface area contributed by atoms with Gasteiger partial charge in [0, 0.05) is 12.7 Å². The minimum atomic E-state index is 0.767. The van der Waals surface area contributed by atoms with Crippen LogP contribution in [-0.4, -0.2) is 9.78 Å². The van der Waals surface area contributed by atoms with Crippen LogP contribution in [0.5, 0.6) is 0 Å². The summed E-state index contributed by atoms with van der Waals surface area (Å²) in [4.78, 5) is 0. The highest BCUT2D eigenvalue weighted by atomic mass is 32.1. The monoisotopic (exact) mass is 223 g/mol. The number of nitrogens with zero attached hydrogens (tertiary/aromatic N) is 2. The van der Waals surface area contributed by atoms with Crippen molar-refractivity contribution in [2.75, 3.05) is 5.32 Å². The Balaban J connectivity index is 2.23. The minimum absolute atomic E-state index is 0.767. The first-order chi connectivity index (χ1) is 6.75. The Hall–Kier alpha value is -1.20. The van der Waals surface area contributed by atoms with Gasteiger partial charge in [-0.1, -0.05) is 29.5 Å². The summed E-state index contributed by atoms with van der Waals surface area (Å²) in [6.07, 6.45) is 0. The normalized spacial score (nSPS) is 10.1. The number of para-hydroxylation sites is 1. The van der Waals surface area contributed by atoms with Crippen LogP contribution >= 0.6 is 23.6 Å². The Kier molecular flexibility index (Phi) is 2.60. The van der Waals surface area contributed by atoms with Crippen molar-refractivity contribution in [2.24, 2.45) is 7.05 Å². The molecule has 0 unspecified atom stereocenters. The van der Waals surface area contributed by atoms with Gasteiger partial charge in [-0.2, -0.15) is 0 Å². The Morgan fingerprint density at radius 1 is 1.36 bits per heavy atom. The second-order valence-electron chi connectivity index (χ2n) is 2.79. The fourth-order valence-corrected chi connectivity index (χ4v) is 1.99. The first-order valence-corrected chi connectivity index (χ1v) is 5.34. The third kappa shape index (κ3) is 2.00. The number of aryl methyl sites for hydroxylation is 1. The van der Waals surface area contributed by atoms with Crippen LogP contribution in [0.1, 0.15) is 0 Å². The Morgan fingerprint density at radius 3 is 2.64 bits per heavy atom. The molecule has 14 heavy (non-hydrogen) atoms. The maximum atomic E-state index is 5.07. The molecule has 1 heterocycles. The lowest BCUT2D eigenvalue weighted by Gasteiger charge is -1.99. The van der Waals surface area contributed by atoms with Gasteiger partial charge in [-0.15, -0.1) is 5.10 Å². The summed E-state index contributed by atoms with van der Waals surface area (Å²) in [5.41, 5.74) is 1.02. The Bertz CT molecular complexity index is 472. The summed E-state index contributed by atoms with van der Waals surface area (Å²) in [6, 6.07) is 9.91. The molecule has 0 saturated carbocycles. The molecule has 5 heteroatoms. The SMILES string of the molecule is Cn1nc(Nc2ccccc2)sc1=S. The number of hydrogen-bond acceptors (Lipinski definition) is 4. The third-order valence-corrected chi connectivity index (χ3v) is 3.04. The first kappa shape index (κ1) is 9.36. The molecule has 0 spiro atoms. The number of anilines is 2. The van der Waals surface area contributed by atoms with Crippen LogP contribution in [0.25, 0.3) is 0 Å². The van der Waals surface area contributed by atoms with E-state index in [4.69, 9.17) is 12.2 Å². The van der Waals surface area contributed by atoms with Crippen molar-refractivity contribution >= 4 is 34.4 Å². The van der Waals surface area contributed by atoms with E-state index in [1.54, 1.807) is 4.68 Å². The van der Waals surface area contributed by atoms with E-state index in [9.17, 15) is 0 Å². The van der Waals surface area contributed by atoms with Crippen LogP contribution in [0.15, 0.2) is 30.3 Å². The smallest absolute Gasteiger partial charge is 0.208 e. The van der Waals surface area contributed by atoms with Crippen LogP contribution in [0.4, 0.5) is 10.8 Å². The highest BCUT2D eigenvalue weighted by Gasteiger charge is 1.99. The number of rotatable bonds is 2. The summed E-state index contributed by atoms with van der Waals surface area (Å²) in [5.74, 6) is 0. The lowest BCUT2D eigenvalue weighted by Crippen LogP contribution is -1.93. The van der Waals surface area contributed by atoms with Gasteiger partial charge in [0.2, 0.25) is 5.13 Å². The van der Waals surface area contributed by atoms with E-state index >= 15 is 0 Å². The second kappa shape index (κ2) is 3.89. The molecule has 72 valence electrons. The van der Waals surface area contributed by atoms with Gasteiger partial charge < -0.3 is 5.32 Å². The Labute approximate surface area is 91.0 Å². The van der Waals surface area contributed by atoms with E-state index in [1.807, 2.05) is 37.4 Å². The summed E-state index contributed by atoms with van der Waals surface area (Å²) in [6.45, 7) is 0. The second-order valence-corrected chi connectivity index (χ2v) is 4.41. The lowest BCUT2D eigenvalue weighted by molar-refractivity contribution is 0.762. The predicted octanol–water partition coefficient (Wildman–Crippen LogP) is 2.95. The summed E-state index contributed by atoms with van der Waals surface area (Å²) in [7, 11) is 1.84. The molecule has 3 nitrogen and oxygen atoms in total. The van der Waals surface area contributed by atoms with Crippen molar-refractivity contribution in [2.45, 2.75) is 0 Å². The molecule has 1 aromatic carbocycles. The molecule has 0 aliphatic carbocycles. The van der Waals surface area contributed by atoms with Crippen LogP contribution in [-0.2, 0) is 7.05 Å². The highest BCUT2D eigenvalue weighted by Crippen LogP contribution is 2.18. The van der Waals surface area contributed by atoms with Crippen molar-refractivity contribution in [3.63, 3.8) is 0 Å². The molecule has 0 saturated heterocycles. The largest absolute Gasteiger partial charge is 0.330 e. The highest BCUT2D eigenvalue weighted by molar-refractivity contribution is 7.73. The molecule has 0 amide bonds. The zero-order chi connectivity index (χ0) is 9.97. The molecule has 1 aromatic heterocycles. The number of hydrogen-bond donors (Lipinski definition) is 1. The fraction of sp³-hybridized carbons (Fsp3) is 0.111. The minimum Gasteiger partial charge on any atom is -0.330 e. The quantitative estimate of drug-likeness (QED) is 0.794. The van der Waals surface area contributed by atoms with Crippen molar-refractivity contribution in [3.8, 4) is 0 Å². The van der Waals surface area contributed by atoms with Crippen molar-refractivity contribution in [1.29, 1.82) is 0 Å². The molecular formula is C9H9N3S2. The van der Waals surface area contributed by atoms with Crippen molar-refractivity contribution in [3.05, 3.63) is 34.3 Å². The lowest BCUT2D eigenvalue weighted by atomic mass is 10.3. The molecule has 1 N–H and O–H groups in total. The van der Waals surface area contributed by atoms with Gasteiger partial charge in [-0.25, -0.2) is 4.68 Å². The number of aromatic nitrogens is 2. The van der Waals surface area contributed by atoms with Crippen LogP contribution in [0.2, 0.25) is 0 Å². The first-order valence-electron chi connectivity index (χ1n) is 4.12. The van der Waals surface area contributed by atoms with E-state index in [2.05, 4.69) is 10.4 Å². The molecule has 0 aliphatic rings. The maximum Gasteiger partial charge on any atom is 0.208 e. The summed E-state index contributed by atoms with van der Waals surface area (Å²) in [5, 5.41) is 8.23. The van der Waals surface area contributed by atoms with Crippen LogP contribution in [0.3, 0.4) is 0 Å². The average Bonchev–Trinajstić information content (AvgIpc) is 2.47. The average molecular weight is 223 g/mol. The molecule has 0 aliphatic heterocycles. The molecule has 0 atom stereocenters. The molecule has 2 aromatic rings. The maximum absolute atomic E-state index is 5.07. The zero-order valence-corrected chi connectivity index (χ0v) is 9.23. The fourth-order valence-electron chi connectivity index (χ4n) is 1.04. The standard InChI is InChI=1S/C9H9N3S2/c1-12-9(13)14-8(11-12)10-7-5-3-2-4-6-7/h2-6H,1H3,(H,10,11). The molecule has 0 bridgehead atoms. The van der Waals surface area contributed by atoms with Gasteiger partial charge in [0.1, 0.15) is 0 Å². The molecule has 0 fully saturated rings. The summed E-state index contributed by atoms with van der Waals surface area (Å²) >= 11 is 6.53. The van der Waals surface area contributed by atoms with Gasteiger partial charge in [-0.05, 0) is 24.4 Å². The zero-order valence-electron chi connectivity index (χ0n) is 7.60.